The Balaban J connectivity index is 2.28. The summed E-state index contributed by atoms with van der Waals surface area (Å²) in [5, 5.41) is 3.31. The zero-order valence-corrected chi connectivity index (χ0v) is 10.5. The third-order valence-electron chi connectivity index (χ3n) is 3.13. The van der Waals surface area contributed by atoms with E-state index in [1.54, 1.807) is 7.11 Å². The van der Waals surface area contributed by atoms with Crippen molar-refractivity contribution in [3.05, 3.63) is 0 Å². The Morgan fingerprint density at radius 2 is 2.00 bits per heavy atom. The van der Waals surface area contributed by atoms with Crippen molar-refractivity contribution in [1.29, 1.82) is 0 Å². The van der Waals surface area contributed by atoms with Crippen molar-refractivity contribution < 1.29 is 4.74 Å². The van der Waals surface area contributed by atoms with Gasteiger partial charge in [-0.1, -0.05) is 25.7 Å². The largest absolute Gasteiger partial charge is 0.380 e. The first kappa shape index (κ1) is 13.3. The summed E-state index contributed by atoms with van der Waals surface area (Å²) in [4.78, 5) is 4.28. The van der Waals surface area contributed by atoms with Crippen LogP contribution in [0.25, 0.3) is 0 Å². The highest BCUT2D eigenvalue weighted by atomic mass is 16.5. The molecule has 1 rings (SSSR count). The highest BCUT2D eigenvalue weighted by Gasteiger charge is 2.12. The molecule has 0 aromatic heterocycles. The fourth-order valence-corrected chi connectivity index (χ4v) is 1.98. The number of nitrogens with one attached hydrogen (secondary N) is 1. The van der Waals surface area contributed by atoms with E-state index in [1.807, 2.05) is 6.92 Å². The summed E-state index contributed by atoms with van der Waals surface area (Å²) in [6.45, 7) is 2.62. The molecule has 0 aliphatic heterocycles. The van der Waals surface area contributed by atoms with Crippen LogP contribution in [-0.4, -0.2) is 31.8 Å². The normalized spacial score (nSPS) is 21.5. The van der Waals surface area contributed by atoms with Gasteiger partial charge < -0.3 is 15.8 Å². The lowest BCUT2D eigenvalue weighted by Gasteiger charge is -2.17. The summed E-state index contributed by atoms with van der Waals surface area (Å²) in [6.07, 6.45) is 7.89. The third-order valence-corrected chi connectivity index (χ3v) is 3.13. The van der Waals surface area contributed by atoms with Gasteiger partial charge in [0, 0.05) is 13.2 Å². The van der Waals surface area contributed by atoms with Crippen molar-refractivity contribution in [1.82, 2.24) is 5.32 Å². The van der Waals surface area contributed by atoms with Crippen LogP contribution < -0.4 is 11.1 Å². The first-order chi connectivity index (χ1) is 7.72. The molecule has 0 aromatic carbocycles. The molecular weight excluding hydrogens is 202 g/mol. The van der Waals surface area contributed by atoms with Crippen molar-refractivity contribution in [3.63, 3.8) is 0 Å². The molecule has 0 bridgehead atoms. The third kappa shape index (κ3) is 5.35. The Hall–Kier alpha value is -0.770. The van der Waals surface area contributed by atoms with E-state index < -0.39 is 0 Å². The Morgan fingerprint density at radius 3 is 2.56 bits per heavy atom. The molecule has 0 spiro atoms. The molecule has 16 heavy (non-hydrogen) atoms. The van der Waals surface area contributed by atoms with Gasteiger partial charge >= 0.3 is 0 Å². The maximum Gasteiger partial charge on any atom is 0.188 e. The van der Waals surface area contributed by atoms with Crippen LogP contribution in [0.5, 0.6) is 0 Å². The van der Waals surface area contributed by atoms with Crippen LogP contribution in [-0.2, 0) is 4.74 Å². The maximum absolute atomic E-state index is 5.84. The summed E-state index contributed by atoms with van der Waals surface area (Å²) in [5.41, 5.74) is 5.84. The summed E-state index contributed by atoms with van der Waals surface area (Å²) < 4.78 is 5.12. The molecule has 0 saturated heterocycles. The van der Waals surface area contributed by atoms with Crippen LogP contribution in [0.2, 0.25) is 0 Å². The lowest BCUT2D eigenvalue weighted by Crippen LogP contribution is -2.40. The lowest BCUT2D eigenvalue weighted by molar-refractivity contribution is 0.125. The number of nitrogens with zero attached hydrogens (tertiary/aromatic N) is 1. The molecule has 1 aliphatic rings. The SMILES string of the molecule is COC(C)CN=C(N)NC1CCCCCC1. The van der Waals surface area contributed by atoms with E-state index in [9.17, 15) is 0 Å². The molecule has 1 aliphatic carbocycles. The summed E-state index contributed by atoms with van der Waals surface area (Å²) in [5.74, 6) is 0.566. The van der Waals surface area contributed by atoms with E-state index in [4.69, 9.17) is 10.5 Å². The van der Waals surface area contributed by atoms with E-state index in [2.05, 4.69) is 10.3 Å². The summed E-state index contributed by atoms with van der Waals surface area (Å²) in [7, 11) is 1.69. The lowest BCUT2D eigenvalue weighted by atomic mass is 10.1. The Bertz CT molecular complexity index is 210. The van der Waals surface area contributed by atoms with Gasteiger partial charge in [0.15, 0.2) is 5.96 Å². The van der Waals surface area contributed by atoms with Gasteiger partial charge in [-0.2, -0.15) is 0 Å². The topological polar surface area (TPSA) is 59.6 Å². The first-order valence-electron chi connectivity index (χ1n) is 6.31. The smallest absolute Gasteiger partial charge is 0.188 e. The molecule has 0 heterocycles. The maximum atomic E-state index is 5.84. The minimum absolute atomic E-state index is 0.134. The van der Waals surface area contributed by atoms with Crippen LogP contribution in [0.15, 0.2) is 4.99 Å². The Labute approximate surface area is 98.6 Å². The average Bonchev–Trinajstić information content (AvgIpc) is 2.54. The fraction of sp³-hybridized carbons (Fsp3) is 0.917. The average molecular weight is 227 g/mol. The van der Waals surface area contributed by atoms with E-state index in [1.165, 1.54) is 38.5 Å². The number of guanidine groups is 1. The monoisotopic (exact) mass is 227 g/mol. The van der Waals surface area contributed by atoms with E-state index in [-0.39, 0.29) is 6.10 Å². The molecule has 0 amide bonds. The molecule has 1 saturated carbocycles. The molecule has 94 valence electrons. The number of hydrogen-bond acceptors (Lipinski definition) is 2. The number of hydrogen-bond donors (Lipinski definition) is 2. The number of aliphatic imine (C=N–C) groups is 1. The van der Waals surface area contributed by atoms with Gasteiger partial charge in [0.1, 0.15) is 0 Å². The Kier molecular flexibility index (Phi) is 6.23. The molecular formula is C12H25N3O. The predicted octanol–water partition coefficient (Wildman–Crippen LogP) is 1.65. The van der Waals surface area contributed by atoms with Crippen molar-refractivity contribution in [2.75, 3.05) is 13.7 Å². The van der Waals surface area contributed by atoms with E-state index in [0.29, 0.717) is 18.5 Å². The van der Waals surface area contributed by atoms with Crippen molar-refractivity contribution in [2.24, 2.45) is 10.7 Å². The molecule has 0 aromatic rings. The highest BCUT2D eigenvalue weighted by molar-refractivity contribution is 5.78. The second-order valence-corrected chi connectivity index (χ2v) is 4.61. The zero-order chi connectivity index (χ0) is 11.8. The highest BCUT2D eigenvalue weighted by Crippen LogP contribution is 2.16. The fourth-order valence-electron chi connectivity index (χ4n) is 1.98. The molecule has 1 atom stereocenters. The second kappa shape index (κ2) is 7.49. The molecule has 1 fully saturated rings. The van der Waals surface area contributed by atoms with Gasteiger partial charge in [-0.3, -0.25) is 4.99 Å². The minimum Gasteiger partial charge on any atom is -0.380 e. The van der Waals surface area contributed by atoms with Gasteiger partial charge in [0.2, 0.25) is 0 Å². The second-order valence-electron chi connectivity index (χ2n) is 4.61. The first-order valence-corrected chi connectivity index (χ1v) is 6.31. The minimum atomic E-state index is 0.134. The summed E-state index contributed by atoms with van der Waals surface area (Å²) in [6, 6.07) is 0.518. The van der Waals surface area contributed by atoms with Gasteiger partial charge in [0.05, 0.1) is 12.6 Å². The number of nitrogens with two attached hydrogens (primary N) is 1. The number of rotatable bonds is 4. The number of ether oxygens (including phenoxy) is 1. The van der Waals surface area contributed by atoms with Crippen LogP contribution in [0, 0.1) is 0 Å². The predicted molar refractivity (Wildman–Crippen MR) is 67.6 cm³/mol. The number of methoxy groups -OCH3 is 1. The van der Waals surface area contributed by atoms with Gasteiger partial charge in [-0.05, 0) is 19.8 Å². The molecule has 0 radical (unpaired) electrons. The van der Waals surface area contributed by atoms with E-state index in [0.717, 1.165) is 0 Å². The zero-order valence-electron chi connectivity index (χ0n) is 10.5. The molecule has 1 unspecified atom stereocenters. The standard InChI is InChI=1S/C12H25N3O/c1-10(16-2)9-14-12(13)15-11-7-5-3-4-6-8-11/h10-11H,3-9H2,1-2H3,(H3,13,14,15). The van der Waals surface area contributed by atoms with Crippen molar-refractivity contribution in [2.45, 2.75) is 57.6 Å². The molecule has 3 N–H and O–H groups in total. The van der Waals surface area contributed by atoms with Crippen molar-refractivity contribution >= 4 is 5.96 Å². The molecule has 4 heteroatoms. The van der Waals surface area contributed by atoms with E-state index >= 15 is 0 Å². The van der Waals surface area contributed by atoms with Gasteiger partial charge in [0.25, 0.3) is 0 Å². The Morgan fingerprint density at radius 1 is 1.38 bits per heavy atom. The van der Waals surface area contributed by atoms with Crippen LogP contribution in [0.1, 0.15) is 45.4 Å². The van der Waals surface area contributed by atoms with Crippen LogP contribution >= 0.6 is 0 Å². The van der Waals surface area contributed by atoms with Crippen LogP contribution in [0.3, 0.4) is 0 Å². The van der Waals surface area contributed by atoms with Gasteiger partial charge in [-0.25, -0.2) is 0 Å². The summed E-state index contributed by atoms with van der Waals surface area (Å²) >= 11 is 0. The van der Waals surface area contributed by atoms with Crippen molar-refractivity contribution in [3.8, 4) is 0 Å². The molecule has 4 nitrogen and oxygen atoms in total. The van der Waals surface area contributed by atoms with Gasteiger partial charge in [-0.15, -0.1) is 0 Å². The quantitative estimate of drug-likeness (QED) is 0.436. The van der Waals surface area contributed by atoms with Crippen LogP contribution in [0.4, 0.5) is 0 Å².